The van der Waals surface area contributed by atoms with Crippen molar-refractivity contribution in [1.29, 1.82) is 0 Å². The number of hydrogen-bond acceptors (Lipinski definition) is 2. The van der Waals surface area contributed by atoms with Gasteiger partial charge < -0.3 is 5.21 Å². The van der Waals surface area contributed by atoms with Gasteiger partial charge in [0.2, 0.25) is 0 Å². The second-order valence-electron chi connectivity index (χ2n) is 2.39. The molecule has 3 heteroatoms. The highest BCUT2D eigenvalue weighted by molar-refractivity contribution is 7.99. The molecule has 0 saturated heterocycles. The van der Waals surface area contributed by atoms with Gasteiger partial charge in [0.15, 0.2) is 6.20 Å². The van der Waals surface area contributed by atoms with Crippen LogP contribution in [0.3, 0.4) is 0 Å². The zero-order chi connectivity index (χ0) is 9.52. The maximum Gasteiger partial charge on any atom is 0.251 e. The largest absolute Gasteiger partial charge is 0.618 e. The highest BCUT2D eigenvalue weighted by atomic mass is 32.2. The van der Waals surface area contributed by atoms with Crippen LogP contribution in [-0.4, -0.2) is 5.75 Å². The Hall–Kier alpha value is -1.14. The average Bonchev–Trinajstić information content (AvgIpc) is 2.15. The molecule has 0 saturated carbocycles. The second kappa shape index (κ2) is 5.50. The number of rotatable bonds is 3. The van der Waals surface area contributed by atoms with E-state index in [0.717, 1.165) is 21.9 Å². The van der Waals surface area contributed by atoms with Crippen LogP contribution in [0.15, 0.2) is 29.4 Å². The molecule has 0 atom stereocenters. The molecule has 1 aromatic rings. The third-order valence-corrected chi connectivity index (χ3v) is 2.46. The van der Waals surface area contributed by atoms with Crippen LogP contribution in [0.2, 0.25) is 0 Å². The lowest BCUT2D eigenvalue weighted by Crippen LogP contribution is -2.27. The summed E-state index contributed by atoms with van der Waals surface area (Å²) < 4.78 is 0.879. The van der Waals surface area contributed by atoms with E-state index in [9.17, 15) is 5.21 Å². The molecule has 0 amide bonds. The van der Waals surface area contributed by atoms with Gasteiger partial charge in [0.05, 0.1) is 0 Å². The Morgan fingerprint density at radius 3 is 3.08 bits per heavy atom. The van der Waals surface area contributed by atoms with E-state index in [0.29, 0.717) is 0 Å². The summed E-state index contributed by atoms with van der Waals surface area (Å²) in [6.45, 7) is 1.82. The van der Waals surface area contributed by atoms with Crippen molar-refractivity contribution in [3.05, 3.63) is 29.6 Å². The lowest BCUT2D eigenvalue weighted by molar-refractivity contribution is -0.645. The Morgan fingerprint density at radius 2 is 2.38 bits per heavy atom. The standard InChI is InChI=1S/C10H11NOS/c1-2-3-6-9-13-10-7-4-5-8-11(10)12/h4-5,7-8H,6,9H2,1H3. The fourth-order valence-corrected chi connectivity index (χ4v) is 1.63. The van der Waals surface area contributed by atoms with E-state index in [-0.39, 0.29) is 0 Å². The predicted molar refractivity (Wildman–Crippen MR) is 54.2 cm³/mol. The summed E-state index contributed by atoms with van der Waals surface area (Å²) in [6.07, 6.45) is 2.34. The summed E-state index contributed by atoms with van der Waals surface area (Å²) in [5, 5.41) is 11.9. The molecule has 0 fully saturated rings. The molecule has 0 aliphatic heterocycles. The van der Waals surface area contributed by atoms with Gasteiger partial charge in [-0.2, -0.15) is 4.73 Å². The Morgan fingerprint density at radius 1 is 1.54 bits per heavy atom. The Kier molecular flexibility index (Phi) is 4.20. The minimum Gasteiger partial charge on any atom is -0.618 e. The number of pyridine rings is 1. The van der Waals surface area contributed by atoms with Crippen LogP contribution < -0.4 is 4.73 Å². The number of thioether (sulfide) groups is 1. The highest BCUT2D eigenvalue weighted by Crippen LogP contribution is 2.12. The van der Waals surface area contributed by atoms with Crippen molar-refractivity contribution in [3.63, 3.8) is 0 Å². The van der Waals surface area contributed by atoms with Crippen molar-refractivity contribution in [2.45, 2.75) is 18.4 Å². The molecular formula is C10H11NOS. The monoisotopic (exact) mass is 193 g/mol. The molecule has 0 radical (unpaired) electrons. The molecule has 1 heterocycles. The Bertz CT molecular complexity index is 327. The van der Waals surface area contributed by atoms with Gasteiger partial charge in [-0.25, -0.2) is 0 Å². The van der Waals surface area contributed by atoms with Crippen LogP contribution in [0.1, 0.15) is 13.3 Å². The van der Waals surface area contributed by atoms with E-state index in [1.54, 1.807) is 6.07 Å². The quantitative estimate of drug-likeness (QED) is 0.241. The second-order valence-corrected chi connectivity index (χ2v) is 3.51. The first kappa shape index (κ1) is 9.94. The highest BCUT2D eigenvalue weighted by Gasteiger charge is 2.01. The normalized spacial score (nSPS) is 9.00. The third kappa shape index (κ3) is 3.39. The van der Waals surface area contributed by atoms with Gasteiger partial charge >= 0.3 is 0 Å². The fraction of sp³-hybridized carbons (Fsp3) is 0.300. The van der Waals surface area contributed by atoms with Crippen molar-refractivity contribution in [2.75, 3.05) is 5.75 Å². The molecule has 68 valence electrons. The molecular weight excluding hydrogens is 182 g/mol. The molecule has 0 aliphatic carbocycles. The molecule has 0 N–H and O–H groups in total. The van der Waals surface area contributed by atoms with E-state index in [2.05, 4.69) is 11.8 Å². The van der Waals surface area contributed by atoms with Crippen LogP contribution in [0.25, 0.3) is 0 Å². The van der Waals surface area contributed by atoms with Gasteiger partial charge in [-0.15, -0.1) is 11.8 Å². The van der Waals surface area contributed by atoms with Crippen molar-refractivity contribution >= 4 is 11.8 Å². The average molecular weight is 193 g/mol. The first-order valence-corrected chi connectivity index (χ1v) is 5.04. The van der Waals surface area contributed by atoms with Crippen LogP contribution in [-0.2, 0) is 0 Å². The fourth-order valence-electron chi connectivity index (χ4n) is 0.856. The predicted octanol–water partition coefficient (Wildman–Crippen LogP) is 1.83. The van der Waals surface area contributed by atoms with Crippen LogP contribution in [0, 0.1) is 17.0 Å². The Balaban J connectivity index is 2.44. The molecule has 0 bridgehead atoms. The topological polar surface area (TPSA) is 26.9 Å². The summed E-state index contributed by atoms with van der Waals surface area (Å²) in [6, 6.07) is 5.40. The molecule has 0 aliphatic rings. The van der Waals surface area contributed by atoms with E-state index < -0.39 is 0 Å². The molecule has 0 spiro atoms. The summed E-state index contributed by atoms with van der Waals surface area (Å²) in [5.74, 6) is 6.64. The molecule has 1 aromatic heterocycles. The van der Waals surface area contributed by atoms with Crippen molar-refractivity contribution in [3.8, 4) is 11.8 Å². The lowest BCUT2D eigenvalue weighted by atomic mass is 10.5. The van der Waals surface area contributed by atoms with E-state index in [4.69, 9.17) is 0 Å². The minimum absolute atomic E-state index is 0.736. The summed E-state index contributed by atoms with van der Waals surface area (Å²) in [7, 11) is 0. The SMILES string of the molecule is CC#CCCSc1cccc[n+]1[O-]. The summed E-state index contributed by atoms with van der Waals surface area (Å²) in [5.41, 5.74) is 0. The van der Waals surface area contributed by atoms with Crippen LogP contribution in [0.4, 0.5) is 0 Å². The maximum atomic E-state index is 11.1. The van der Waals surface area contributed by atoms with Gasteiger partial charge in [0.25, 0.3) is 5.03 Å². The first-order chi connectivity index (χ1) is 6.34. The minimum atomic E-state index is 0.736. The molecule has 1 rings (SSSR count). The van der Waals surface area contributed by atoms with Crippen molar-refractivity contribution in [1.82, 2.24) is 0 Å². The number of hydrogen-bond donors (Lipinski definition) is 0. The van der Waals surface area contributed by atoms with Gasteiger partial charge in [-0.1, -0.05) is 11.8 Å². The number of nitrogens with zero attached hydrogens (tertiary/aromatic N) is 1. The molecule has 0 aromatic carbocycles. The van der Waals surface area contributed by atoms with Gasteiger partial charge in [0, 0.05) is 24.3 Å². The van der Waals surface area contributed by atoms with Crippen molar-refractivity contribution < 1.29 is 4.73 Å². The van der Waals surface area contributed by atoms with Gasteiger partial charge in [-0.05, 0) is 13.0 Å². The summed E-state index contributed by atoms with van der Waals surface area (Å²) >= 11 is 1.53. The molecule has 0 unspecified atom stereocenters. The first-order valence-electron chi connectivity index (χ1n) is 4.05. The zero-order valence-corrected chi connectivity index (χ0v) is 8.30. The van der Waals surface area contributed by atoms with Crippen LogP contribution in [0.5, 0.6) is 0 Å². The zero-order valence-electron chi connectivity index (χ0n) is 7.49. The Labute approximate surface area is 82.6 Å². The maximum absolute atomic E-state index is 11.1. The van der Waals surface area contributed by atoms with Crippen molar-refractivity contribution in [2.24, 2.45) is 0 Å². The van der Waals surface area contributed by atoms with E-state index in [1.807, 2.05) is 19.1 Å². The molecule has 2 nitrogen and oxygen atoms in total. The lowest BCUT2D eigenvalue weighted by Gasteiger charge is -2.00. The number of aromatic nitrogens is 1. The van der Waals surface area contributed by atoms with E-state index in [1.165, 1.54) is 18.0 Å². The third-order valence-electron chi connectivity index (χ3n) is 1.44. The molecule has 13 heavy (non-hydrogen) atoms. The van der Waals surface area contributed by atoms with E-state index >= 15 is 0 Å². The smallest absolute Gasteiger partial charge is 0.251 e. The van der Waals surface area contributed by atoms with Gasteiger partial charge in [0.1, 0.15) is 0 Å². The van der Waals surface area contributed by atoms with Gasteiger partial charge in [-0.3, -0.25) is 0 Å². The van der Waals surface area contributed by atoms with Crippen LogP contribution >= 0.6 is 11.8 Å². The summed E-state index contributed by atoms with van der Waals surface area (Å²) in [4.78, 5) is 0.